The highest BCUT2D eigenvalue weighted by atomic mass is 32.2. The van der Waals surface area contributed by atoms with Gasteiger partial charge < -0.3 is 14.3 Å². The number of thioether (sulfide) groups is 1. The number of furan rings is 1. The molecule has 1 aromatic rings. The van der Waals surface area contributed by atoms with Crippen LogP contribution in [0.25, 0.3) is 6.08 Å². The first-order valence-electron chi connectivity index (χ1n) is 6.99. The zero-order chi connectivity index (χ0) is 16.1. The number of carbonyl (C=O) groups is 2. The van der Waals surface area contributed by atoms with E-state index in [-0.39, 0.29) is 12.3 Å². The van der Waals surface area contributed by atoms with E-state index >= 15 is 0 Å². The molecule has 0 spiro atoms. The summed E-state index contributed by atoms with van der Waals surface area (Å²) in [5.41, 5.74) is 0. The third-order valence-electron chi connectivity index (χ3n) is 3.17. The largest absolute Gasteiger partial charge is 0.550 e. The van der Waals surface area contributed by atoms with Crippen LogP contribution in [0.5, 0.6) is 0 Å². The summed E-state index contributed by atoms with van der Waals surface area (Å²) < 4.78 is 5.96. The van der Waals surface area contributed by atoms with Crippen LogP contribution in [0.4, 0.5) is 0 Å². The third kappa shape index (κ3) is 4.45. The van der Waals surface area contributed by atoms with Crippen molar-refractivity contribution < 1.29 is 19.1 Å². The summed E-state index contributed by atoms with van der Waals surface area (Å²) in [4.78, 5) is 24.7. The Hall–Kier alpha value is -1.60. The minimum Gasteiger partial charge on any atom is -0.550 e. The lowest BCUT2D eigenvalue weighted by Gasteiger charge is -2.14. The number of carboxylic acid groups (broad SMARTS) is 1. The molecule has 5 nitrogen and oxygen atoms in total. The second kappa shape index (κ2) is 7.60. The molecule has 0 saturated carbocycles. The fourth-order valence-electron chi connectivity index (χ4n) is 2.07. The van der Waals surface area contributed by atoms with Crippen molar-refractivity contribution in [2.45, 2.75) is 32.6 Å². The van der Waals surface area contributed by atoms with Gasteiger partial charge in [0, 0.05) is 18.6 Å². The predicted molar refractivity (Wildman–Crippen MR) is 86.8 cm³/mol. The summed E-state index contributed by atoms with van der Waals surface area (Å²) in [5, 5.41) is 10.3. The van der Waals surface area contributed by atoms with Gasteiger partial charge in [0.25, 0.3) is 5.91 Å². The van der Waals surface area contributed by atoms with Crippen LogP contribution in [0.2, 0.25) is 0 Å². The normalized spacial score (nSPS) is 16.8. The van der Waals surface area contributed by atoms with Crippen LogP contribution in [0.1, 0.15) is 37.2 Å². The number of nitrogens with zero attached hydrogens (tertiary/aromatic N) is 1. The minimum atomic E-state index is -1.04. The van der Waals surface area contributed by atoms with Crippen LogP contribution in [0, 0.1) is 6.92 Å². The SMILES string of the molecule is Cc1ccc(/C=C2\SC(=S)N(CCCCCC(=O)[O-])C2=O)o1. The van der Waals surface area contributed by atoms with Gasteiger partial charge in [-0.15, -0.1) is 0 Å². The highest BCUT2D eigenvalue weighted by Gasteiger charge is 2.31. The maximum atomic E-state index is 12.3. The highest BCUT2D eigenvalue weighted by Crippen LogP contribution is 2.33. The number of carboxylic acids is 1. The second-order valence-corrected chi connectivity index (χ2v) is 6.64. The molecular formula is C15H16NO4S2-. The van der Waals surface area contributed by atoms with E-state index in [0.717, 1.165) is 12.2 Å². The predicted octanol–water partition coefficient (Wildman–Crippen LogP) is 2.10. The van der Waals surface area contributed by atoms with Crippen molar-refractivity contribution in [3.05, 3.63) is 28.6 Å². The van der Waals surface area contributed by atoms with Crippen molar-refractivity contribution >= 4 is 46.3 Å². The summed E-state index contributed by atoms with van der Waals surface area (Å²) >= 11 is 6.49. The topological polar surface area (TPSA) is 73.6 Å². The molecule has 1 aliphatic rings. The van der Waals surface area contributed by atoms with Crippen LogP contribution in [0.3, 0.4) is 0 Å². The van der Waals surface area contributed by atoms with Gasteiger partial charge in [-0.2, -0.15) is 0 Å². The summed E-state index contributed by atoms with van der Waals surface area (Å²) in [6.07, 6.45) is 3.74. The number of unbranched alkanes of at least 4 members (excludes halogenated alkanes) is 2. The number of rotatable bonds is 7. The standard InChI is InChI=1S/C15H17NO4S2/c1-10-6-7-11(20-10)9-12-14(19)16(15(21)22-12)8-4-2-3-5-13(17)18/h6-7,9H,2-5,8H2,1H3,(H,17,18)/p-1/b12-9-. The molecule has 0 bridgehead atoms. The molecule has 2 heterocycles. The lowest BCUT2D eigenvalue weighted by atomic mass is 10.2. The van der Waals surface area contributed by atoms with Gasteiger partial charge >= 0.3 is 0 Å². The van der Waals surface area contributed by atoms with Gasteiger partial charge in [0.2, 0.25) is 0 Å². The molecular weight excluding hydrogens is 322 g/mol. The van der Waals surface area contributed by atoms with Crippen LogP contribution >= 0.6 is 24.0 Å². The highest BCUT2D eigenvalue weighted by molar-refractivity contribution is 8.26. The van der Waals surface area contributed by atoms with Crippen molar-refractivity contribution in [1.29, 1.82) is 0 Å². The van der Waals surface area contributed by atoms with Gasteiger partial charge in [-0.1, -0.05) is 30.4 Å². The monoisotopic (exact) mass is 338 g/mol. The molecule has 1 saturated heterocycles. The number of carbonyl (C=O) groups excluding carboxylic acids is 2. The molecule has 0 atom stereocenters. The molecule has 0 unspecified atom stereocenters. The van der Waals surface area contributed by atoms with Crippen molar-refractivity contribution in [3.63, 3.8) is 0 Å². The van der Waals surface area contributed by atoms with E-state index in [4.69, 9.17) is 16.6 Å². The maximum Gasteiger partial charge on any atom is 0.266 e. The van der Waals surface area contributed by atoms with Crippen molar-refractivity contribution in [2.24, 2.45) is 0 Å². The van der Waals surface area contributed by atoms with Crippen molar-refractivity contribution in [1.82, 2.24) is 4.90 Å². The van der Waals surface area contributed by atoms with Crippen molar-refractivity contribution in [2.75, 3.05) is 6.54 Å². The van der Waals surface area contributed by atoms with E-state index in [0.29, 0.717) is 34.4 Å². The van der Waals surface area contributed by atoms with E-state index in [9.17, 15) is 14.7 Å². The van der Waals surface area contributed by atoms with Crippen molar-refractivity contribution in [3.8, 4) is 0 Å². The molecule has 0 aliphatic carbocycles. The number of aryl methyl sites for hydroxylation is 1. The van der Waals surface area contributed by atoms with E-state index in [1.165, 1.54) is 11.8 Å². The molecule has 22 heavy (non-hydrogen) atoms. The Balaban J connectivity index is 1.89. The Bertz CT molecular complexity index is 621. The minimum absolute atomic E-state index is 0.0517. The Morgan fingerprint density at radius 2 is 2.18 bits per heavy atom. The zero-order valence-corrected chi connectivity index (χ0v) is 13.8. The molecule has 0 N–H and O–H groups in total. The molecule has 1 amide bonds. The first-order valence-corrected chi connectivity index (χ1v) is 8.21. The number of hydrogen-bond acceptors (Lipinski definition) is 6. The van der Waals surface area contributed by atoms with E-state index < -0.39 is 5.97 Å². The van der Waals surface area contributed by atoms with E-state index in [1.807, 2.05) is 19.1 Å². The molecule has 0 aromatic carbocycles. The molecule has 1 aliphatic heterocycles. The molecule has 7 heteroatoms. The third-order valence-corrected chi connectivity index (χ3v) is 4.55. The van der Waals surface area contributed by atoms with Gasteiger partial charge in [-0.25, -0.2) is 0 Å². The van der Waals surface area contributed by atoms with E-state index in [1.54, 1.807) is 11.0 Å². The average molecular weight is 338 g/mol. The Kier molecular flexibility index (Phi) is 5.79. The second-order valence-electron chi connectivity index (χ2n) is 4.96. The first-order chi connectivity index (χ1) is 10.5. The van der Waals surface area contributed by atoms with Crippen LogP contribution in [-0.2, 0) is 9.59 Å². The fraction of sp³-hybridized carbons (Fsp3) is 0.400. The molecule has 0 radical (unpaired) electrons. The lowest BCUT2D eigenvalue weighted by Crippen LogP contribution is -2.29. The molecule has 1 fully saturated rings. The number of thiocarbonyl (C=S) groups is 1. The van der Waals surface area contributed by atoms with Gasteiger partial charge in [-0.05, 0) is 38.3 Å². The van der Waals surface area contributed by atoms with Crippen LogP contribution in [-0.4, -0.2) is 27.6 Å². The number of aliphatic carboxylic acids is 1. The fourth-order valence-corrected chi connectivity index (χ4v) is 3.36. The average Bonchev–Trinajstić information content (AvgIpc) is 2.96. The Morgan fingerprint density at radius 3 is 2.82 bits per heavy atom. The molecule has 118 valence electrons. The summed E-state index contributed by atoms with van der Waals surface area (Å²) in [7, 11) is 0. The zero-order valence-electron chi connectivity index (χ0n) is 12.2. The van der Waals surface area contributed by atoms with Gasteiger partial charge in [0.15, 0.2) is 0 Å². The maximum absolute atomic E-state index is 12.3. The molecule has 1 aromatic heterocycles. The smallest absolute Gasteiger partial charge is 0.266 e. The first kappa shape index (κ1) is 16.8. The van der Waals surface area contributed by atoms with Crippen LogP contribution < -0.4 is 5.11 Å². The summed E-state index contributed by atoms with van der Waals surface area (Å²) in [5.74, 6) is 0.257. The quantitative estimate of drug-likeness (QED) is 0.431. The summed E-state index contributed by atoms with van der Waals surface area (Å²) in [6, 6.07) is 3.64. The van der Waals surface area contributed by atoms with Crippen LogP contribution in [0.15, 0.2) is 21.5 Å². The number of hydrogen-bond donors (Lipinski definition) is 0. The summed E-state index contributed by atoms with van der Waals surface area (Å²) in [6.45, 7) is 2.35. The van der Waals surface area contributed by atoms with Gasteiger partial charge in [0.05, 0.1) is 4.91 Å². The van der Waals surface area contributed by atoms with Gasteiger partial charge in [-0.3, -0.25) is 9.69 Å². The lowest BCUT2D eigenvalue weighted by molar-refractivity contribution is -0.305. The Morgan fingerprint density at radius 1 is 1.41 bits per heavy atom. The molecule has 2 rings (SSSR count). The number of amides is 1. The van der Waals surface area contributed by atoms with Gasteiger partial charge in [0.1, 0.15) is 15.8 Å². The Labute approximate surface area is 138 Å². The van der Waals surface area contributed by atoms with E-state index in [2.05, 4.69) is 0 Å².